The standard InChI is InChI=1S/C14H26N2/c1-13(2,11-15)9-10-16-12-14(3)7-5-4-6-8-14/h16H,4-10,12H2,1-3H3. The summed E-state index contributed by atoms with van der Waals surface area (Å²) in [6.45, 7) is 8.51. The van der Waals surface area contributed by atoms with Gasteiger partial charge in [-0.3, -0.25) is 0 Å². The molecule has 1 saturated carbocycles. The van der Waals surface area contributed by atoms with Crippen LogP contribution in [0.25, 0.3) is 0 Å². The van der Waals surface area contributed by atoms with E-state index in [1.165, 1.54) is 32.1 Å². The second kappa shape index (κ2) is 5.68. The first-order valence-electron chi connectivity index (χ1n) is 6.59. The predicted molar refractivity (Wildman–Crippen MR) is 68.1 cm³/mol. The maximum absolute atomic E-state index is 8.91. The van der Waals surface area contributed by atoms with Crippen molar-refractivity contribution in [3.8, 4) is 6.07 Å². The third kappa shape index (κ3) is 4.53. The first-order valence-corrected chi connectivity index (χ1v) is 6.59. The van der Waals surface area contributed by atoms with Gasteiger partial charge in [-0.2, -0.15) is 5.26 Å². The van der Waals surface area contributed by atoms with Gasteiger partial charge >= 0.3 is 0 Å². The van der Waals surface area contributed by atoms with Gasteiger partial charge in [0.1, 0.15) is 0 Å². The molecule has 0 heterocycles. The number of rotatable bonds is 5. The predicted octanol–water partition coefficient (Wildman–Crippen LogP) is 3.49. The van der Waals surface area contributed by atoms with Gasteiger partial charge in [-0.1, -0.05) is 26.2 Å². The van der Waals surface area contributed by atoms with Crippen molar-refractivity contribution in [2.24, 2.45) is 10.8 Å². The van der Waals surface area contributed by atoms with Crippen molar-refractivity contribution in [2.45, 2.75) is 59.3 Å². The summed E-state index contributed by atoms with van der Waals surface area (Å²) in [6, 6.07) is 2.35. The highest BCUT2D eigenvalue weighted by molar-refractivity contribution is 4.92. The molecule has 0 saturated heterocycles. The summed E-state index contributed by atoms with van der Waals surface area (Å²) < 4.78 is 0. The molecular formula is C14H26N2. The molecule has 92 valence electrons. The molecule has 0 aromatic rings. The van der Waals surface area contributed by atoms with Crippen molar-refractivity contribution in [1.29, 1.82) is 5.26 Å². The number of hydrogen-bond donors (Lipinski definition) is 1. The molecular weight excluding hydrogens is 196 g/mol. The lowest BCUT2D eigenvalue weighted by molar-refractivity contribution is 0.206. The fourth-order valence-electron chi connectivity index (χ4n) is 2.43. The van der Waals surface area contributed by atoms with E-state index in [2.05, 4.69) is 18.3 Å². The molecule has 0 atom stereocenters. The molecule has 0 unspecified atom stereocenters. The lowest BCUT2D eigenvalue weighted by Crippen LogP contribution is -2.35. The molecule has 1 rings (SSSR count). The molecule has 1 N–H and O–H groups in total. The topological polar surface area (TPSA) is 35.8 Å². The van der Waals surface area contributed by atoms with Crippen LogP contribution < -0.4 is 5.32 Å². The molecule has 0 aromatic heterocycles. The lowest BCUT2D eigenvalue weighted by atomic mass is 9.75. The Morgan fingerprint density at radius 3 is 2.44 bits per heavy atom. The summed E-state index contributed by atoms with van der Waals surface area (Å²) in [5, 5.41) is 12.4. The fraction of sp³-hybridized carbons (Fsp3) is 0.929. The largest absolute Gasteiger partial charge is 0.316 e. The Balaban J connectivity index is 2.18. The van der Waals surface area contributed by atoms with E-state index < -0.39 is 0 Å². The van der Waals surface area contributed by atoms with Crippen LogP contribution in [0, 0.1) is 22.2 Å². The van der Waals surface area contributed by atoms with Crippen molar-refractivity contribution in [2.75, 3.05) is 13.1 Å². The molecule has 0 radical (unpaired) electrons. The van der Waals surface area contributed by atoms with E-state index in [0.717, 1.165) is 19.5 Å². The Bertz CT molecular complexity index is 244. The Hall–Kier alpha value is -0.550. The van der Waals surface area contributed by atoms with Crippen LogP contribution in [0.3, 0.4) is 0 Å². The van der Waals surface area contributed by atoms with Gasteiger partial charge in [0.15, 0.2) is 0 Å². The van der Waals surface area contributed by atoms with Gasteiger partial charge in [0, 0.05) is 6.54 Å². The van der Waals surface area contributed by atoms with Gasteiger partial charge < -0.3 is 5.32 Å². The summed E-state index contributed by atoms with van der Waals surface area (Å²) in [4.78, 5) is 0. The van der Waals surface area contributed by atoms with Crippen LogP contribution in [-0.2, 0) is 0 Å². The van der Waals surface area contributed by atoms with Crippen LogP contribution >= 0.6 is 0 Å². The summed E-state index contributed by atoms with van der Waals surface area (Å²) in [5.41, 5.74) is 0.329. The molecule has 0 bridgehead atoms. The van der Waals surface area contributed by atoms with Gasteiger partial charge in [-0.05, 0) is 45.1 Å². The second-order valence-electron chi connectivity index (χ2n) is 6.29. The molecule has 1 fully saturated rings. The Morgan fingerprint density at radius 2 is 1.88 bits per heavy atom. The third-order valence-corrected chi connectivity index (χ3v) is 3.84. The maximum atomic E-state index is 8.91. The Morgan fingerprint density at radius 1 is 1.25 bits per heavy atom. The minimum Gasteiger partial charge on any atom is -0.316 e. The zero-order chi connectivity index (χ0) is 12.1. The summed E-state index contributed by atoms with van der Waals surface area (Å²) >= 11 is 0. The van der Waals surface area contributed by atoms with E-state index in [-0.39, 0.29) is 5.41 Å². The third-order valence-electron chi connectivity index (χ3n) is 3.84. The van der Waals surface area contributed by atoms with Gasteiger partial charge in [0.05, 0.1) is 11.5 Å². The van der Waals surface area contributed by atoms with Gasteiger partial charge in [-0.15, -0.1) is 0 Å². The number of nitrogens with one attached hydrogen (secondary N) is 1. The smallest absolute Gasteiger partial charge is 0.0684 e. The van der Waals surface area contributed by atoms with Crippen LogP contribution in [0.1, 0.15) is 59.3 Å². The van der Waals surface area contributed by atoms with Crippen LogP contribution in [0.5, 0.6) is 0 Å². The second-order valence-corrected chi connectivity index (χ2v) is 6.29. The average Bonchev–Trinajstić information content (AvgIpc) is 2.26. The Labute approximate surface area is 100 Å². The van der Waals surface area contributed by atoms with E-state index in [4.69, 9.17) is 5.26 Å². The van der Waals surface area contributed by atoms with Gasteiger partial charge in [-0.25, -0.2) is 0 Å². The highest BCUT2D eigenvalue weighted by Crippen LogP contribution is 2.34. The van der Waals surface area contributed by atoms with Crippen molar-refractivity contribution >= 4 is 0 Å². The molecule has 0 aliphatic heterocycles. The molecule has 1 aliphatic rings. The lowest BCUT2D eigenvalue weighted by Gasteiger charge is -2.34. The van der Waals surface area contributed by atoms with E-state index in [0.29, 0.717) is 5.41 Å². The maximum Gasteiger partial charge on any atom is 0.0684 e. The fourth-order valence-corrected chi connectivity index (χ4v) is 2.43. The first kappa shape index (κ1) is 13.5. The monoisotopic (exact) mass is 222 g/mol. The summed E-state index contributed by atoms with van der Waals surface area (Å²) in [6.07, 6.45) is 7.86. The summed E-state index contributed by atoms with van der Waals surface area (Å²) in [5.74, 6) is 0. The number of nitriles is 1. The Kier molecular flexibility index (Phi) is 4.80. The van der Waals surface area contributed by atoms with Crippen molar-refractivity contribution in [1.82, 2.24) is 5.32 Å². The van der Waals surface area contributed by atoms with Crippen molar-refractivity contribution in [3.05, 3.63) is 0 Å². The molecule has 2 nitrogen and oxygen atoms in total. The molecule has 1 aliphatic carbocycles. The minimum absolute atomic E-state index is 0.180. The van der Waals surface area contributed by atoms with E-state index >= 15 is 0 Å². The normalized spacial score (nSPS) is 20.4. The highest BCUT2D eigenvalue weighted by atomic mass is 14.9. The van der Waals surface area contributed by atoms with E-state index in [9.17, 15) is 0 Å². The minimum atomic E-state index is -0.180. The zero-order valence-corrected chi connectivity index (χ0v) is 11.1. The molecule has 0 aromatic carbocycles. The van der Waals surface area contributed by atoms with Crippen molar-refractivity contribution in [3.63, 3.8) is 0 Å². The SMILES string of the molecule is CC(C)(C#N)CCNCC1(C)CCCCC1. The quantitative estimate of drug-likeness (QED) is 0.723. The number of nitrogens with zero attached hydrogens (tertiary/aromatic N) is 1. The highest BCUT2D eigenvalue weighted by Gasteiger charge is 2.26. The van der Waals surface area contributed by atoms with Crippen LogP contribution in [-0.4, -0.2) is 13.1 Å². The van der Waals surface area contributed by atoms with Gasteiger partial charge in [0.25, 0.3) is 0 Å². The summed E-state index contributed by atoms with van der Waals surface area (Å²) in [7, 11) is 0. The molecule has 0 amide bonds. The first-order chi connectivity index (χ1) is 7.47. The van der Waals surface area contributed by atoms with Gasteiger partial charge in [0.2, 0.25) is 0 Å². The number of hydrogen-bond acceptors (Lipinski definition) is 2. The molecule has 2 heteroatoms. The van der Waals surface area contributed by atoms with Crippen molar-refractivity contribution < 1.29 is 0 Å². The molecule has 0 spiro atoms. The molecule has 16 heavy (non-hydrogen) atoms. The van der Waals surface area contributed by atoms with Crippen LogP contribution in [0.15, 0.2) is 0 Å². The van der Waals surface area contributed by atoms with Crippen LogP contribution in [0.4, 0.5) is 0 Å². The van der Waals surface area contributed by atoms with Crippen LogP contribution in [0.2, 0.25) is 0 Å². The zero-order valence-electron chi connectivity index (χ0n) is 11.1. The van der Waals surface area contributed by atoms with E-state index in [1.54, 1.807) is 0 Å². The average molecular weight is 222 g/mol. The van der Waals surface area contributed by atoms with E-state index in [1.807, 2.05) is 13.8 Å².